The highest BCUT2D eigenvalue weighted by Crippen LogP contribution is 2.36. The fraction of sp³-hybridized carbons (Fsp3) is 0.0455. The summed E-state index contributed by atoms with van der Waals surface area (Å²) in [5, 5.41) is 0.426. The second-order valence-electron chi connectivity index (χ2n) is 6.26. The van der Waals surface area contributed by atoms with E-state index in [-0.39, 0.29) is 39.5 Å². The molecule has 0 aromatic heterocycles. The van der Waals surface area contributed by atoms with E-state index in [4.69, 9.17) is 32.7 Å². The molecule has 0 unspecified atom stereocenters. The fourth-order valence-corrected chi connectivity index (χ4v) is 3.28. The van der Waals surface area contributed by atoms with Crippen molar-refractivity contribution in [2.45, 2.75) is 6.61 Å². The van der Waals surface area contributed by atoms with Crippen molar-refractivity contribution in [3.05, 3.63) is 98.7 Å². The first-order valence-electron chi connectivity index (χ1n) is 8.51. The van der Waals surface area contributed by atoms with Gasteiger partial charge < -0.3 is 9.47 Å². The normalized spacial score (nSPS) is 14.1. The molecule has 0 atom stereocenters. The minimum Gasteiger partial charge on any atom is -0.489 e. The first-order valence-corrected chi connectivity index (χ1v) is 9.27. The van der Waals surface area contributed by atoms with Crippen molar-refractivity contribution in [3.63, 3.8) is 0 Å². The van der Waals surface area contributed by atoms with Crippen molar-refractivity contribution in [2.75, 3.05) is 0 Å². The van der Waals surface area contributed by atoms with E-state index in [1.807, 2.05) is 0 Å². The van der Waals surface area contributed by atoms with Gasteiger partial charge in [0, 0.05) is 17.2 Å². The Bertz CT molecular complexity index is 1140. The second kappa shape index (κ2) is 7.85. The van der Waals surface area contributed by atoms with Crippen molar-refractivity contribution in [1.82, 2.24) is 0 Å². The van der Waals surface area contributed by atoms with Crippen LogP contribution in [0.1, 0.15) is 21.5 Å². The molecule has 0 fully saturated rings. The number of hydrogen-bond donors (Lipinski definition) is 0. The van der Waals surface area contributed by atoms with Crippen LogP contribution in [0.4, 0.5) is 8.78 Å². The number of carbonyl (C=O) groups excluding carboxylic acids is 1. The Morgan fingerprint density at radius 2 is 1.83 bits per heavy atom. The van der Waals surface area contributed by atoms with Crippen LogP contribution in [0.2, 0.25) is 10.0 Å². The third-order valence-electron chi connectivity index (χ3n) is 4.33. The van der Waals surface area contributed by atoms with Gasteiger partial charge in [0.15, 0.2) is 5.76 Å². The molecule has 1 heterocycles. The molecule has 1 aliphatic rings. The highest BCUT2D eigenvalue weighted by molar-refractivity contribution is 6.32. The lowest BCUT2D eigenvalue weighted by atomic mass is 10.1. The van der Waals surface area contributed by atoms with Crippen LogP contribution in [0, 0.1) is 11.6 Å². The van der Waals surface area contributed by atoms with Crippen LogP contribution < -0.4 is 9.47 Å². The Balaban J connectivity index is 1.55. The second-order valence-corrected chi connectivity index (χ2v) is 7.07. The van der Waals surface area contributed by atoms with Gasteiger partial charge in [-0.05, 0) is 42.5 Å². The molecule has 29 heavy (non-hydrogen) atoms. The van der Waals surface area contributed by atoms with Gasteiger partial charge >= 0.3 is 0 Å². The van der Waals surface area contributed by atoms with Crippen molar-refractivity contribution >= 4 is 35.1 Å². The number of benzene rings is 3. The summed E-state index contributed by atoms with van der Waals surface area (Å²) >= 11 is 12.0. The monoisotopic (exact) mass is 432 g/mol. The Morgan fingerprint density at radius 1 is 1.00 bits per heavy atom. The molecule has 0 N–H and O–H groups in total. The molecule has 3 aromatic rings. The van der Waals surface area contributed by atoms with Gasteiger partial charge in [-0.25, -0.2) is 8.78 Å². The van der Waals surface area contributed by atoms with Gasteiger partial charge in [0.1, 0.15) is 29.7 Å². The van der Waals surface area contributed by atoms with Crippen molar-refractivity contribution in [2.24, 2.45) is 0 Å². The zero-order chi connectivity index (χ0) is 20.5. The van der Waals surface area contributed by atoms with E-state index in [1.165, 1.54) is 42.5 Å². The van der Waals surface area contributed by atoms with Gasteiger partial charge in [0.25, 0.3) is 0 Å². The lowest BCUT2D eigenvalue weighted by Gasteiger charge is -2.09. The molecule has 0 saturated carbocycles. The minimum absolute atomic E-state index is 0.0364. The number of carbonyl (C=O) groups is 1. The van der Waals surface area contributed by atoms with Gasteiger partial charge in [-0.15, -0.1) is 0 Å². The molecule has 0 amide bonds. The van der Waals surface area contributed by atoms with E-state index in [0.29, 0.717) is 16.9 Å². The van der Waals surface area contributed by atoms with Crippen LogP contribution in [-0.4, -0.2) is 5.78 Å². The Morgan fingerprint density at radius 3 is 2.59 bits per heavy atom. The predicted molar refractivity (Wildman–Crippen MR) is 107 cm³/mol. The smallest absolute Gasteiger partial charge is 0.231 e. The first kappa shape index (κ1) is 19.4. The predicted octanol–water partition coefficient (Wildman–Crippen LogP) is 6.47. The standard InChI is InChI=1S/C22H12Cl2F2O3/c23-17-2-1-3-19(26)16(17)10-21-22(27)15-7-6-14(9-20(15)29-21)28-11-12-4-5-13(25)8-18(12)24/h1-10H,11H2. The van der Waals surface area contributed by atoms with E-state index >= 15 is 0 Å². The summed E-state index contributed by atoms with van der Waals surface area (Å²) in [7, 11) is 0. The molecular formula is C22H12Cl2F2O3. The Hall–Kier alpha value is -2.89. The maximum atomic E-state index is 14.0. The summed E-state index contributed by atoms with van der Waals surface area (Å²) < 4.78 is 38.4. The van der Waals surface area contributed by atoms with Gasteiger partial charge in [0.2, 0.25) is 5.78 Å². The van der Waals surface area contributed by atoms with E-state index in [9.17, 15) is 13.6 Å². The molecule has 0 spiro atoms. The molecule has 0 saturated heterocycles. The number of ether oxygens (including phenoxy) is 2. The van der Waals surface area contributed by atoms with Gasteiger partial charge in [-0.3, -0.25) is 4.79 Å². The molecule has 0 bridgehead atoms. The molecule has 4 rings (SSSR count). The summed E-state index contributed by atoms with van der Waals surface area (Å²) in [6, 6.07) is 13.0. The SMILES string of the molecule is O=C1C(=Cc2c(F)cccc2Cl)Oc2cc(OCc3ccc(F)cc3Cl)ccc21. The largest absolute Gasteiger partial charge is 0.489 e. The maximum Gasteiger partial charge on any atom is 0.231 e. The number of halogens is 4. The van der Waals surface area contributed by atoms with E-state index in [2.05, 4.69) is 0 Å². The maximum absolute atomic E-state index is 14.0. The first-order chi connectivity index (χ1) is 13.9. The Labute approximate surface area is 175 Å². The van der Waals surface area contributed by atoms with Crippen LogP contribution in [0.5, 0.6) is 11.5 Å². The molecule has 7 heteroatoms. The molecule has 0 aliphatic carbocycles. The number of ketones is 1. The highest BCUT2D eigenvalue weighted by atomic mass is 35.5. The van der Waals surface area contributed by atoms with E-state index < -0.39 is 11.6 Å². The highest BCUT2D eigenvalue weighted by Gasteiger charge is 2.28. The third-order valence-corrected chi connectivity index (χ3v) is 5.01. The van der Waals surface area contributed by atoms with Crippen LogP contribution in [-0.2, 0) is 6.61 Å². The summed E-state index contributed by atoms with van der Waals surface area (Å²) in [5.41, 5.74) is 1.02. The average molecular weight is 433 g/mol. The van der Waals surface area contributed by atoms with E-state index in [0.717, 1.165) is 0 Å². The summed E-state index contributed by atoms with van der Waals surface area (Å²) in [6.07, 6.45) is 1.28. The Kier molecular flexibility index (Phi) is 5.26. The van der Waals surface area contributed by atoms with Crippen molar-refractivity contribution in [3.8, 4) is 11.5 Å². The minimum atomic E-state index is -0.558. The summed E-state index contributed by atoms with van der Waals surface area (Å²) in [5.74, 6) is -0.688. The number of Topliss-reactive ketones (excluding diaryl/α,β-unsaturated/α-hetero) is 1. The molecule has 3 aromatic carbocycles. The number of fused-ring (bicyclic) bond motifs is 1. The molecule has 0 radical (unpaired) electrons. The lowest BCUT2D eigenvalue weighted by molar-refractivity contribution is 0.101. The third kappa shape index (κ3) is 3.97. The zero-order valence-corrected chi connectivity index (χ0v) is 16.2. The van der Waals surface area contributed by atoms with Gasteiger partial charge in [0.05, 0.1) is 15.6 Å². The fourth-order valence-electron chi connectivity index (χ4n) is 2.84. The molecule has 3 nitrogen and oxygen atoms in total. The van der Waals surface area contributed by atoms with Crippen LogP contribution >= 0.6 is 23.2 Å². The number of rotatable bonds is 4. The molecule has 146 valence electrons. The summed E-state index contributed by atoms with van der Waals surface area (Å²) in [6.45, 7) is 0.110. The van der Waals surface area contributed by atoms with Gasteiger partial charge in [-0.2, -0.15) is 0 Å². The quantitative estimate of drug-likeness (QED) is 0.443. The topological polar surface area (TPSA) is 35.5 Å². The number of hydrogen-bond acceptors (Lipinski definition) is 3. The lowest BCUT2D eigenvalue weighted by Crippen LogP contribution is -1.99. The van der Waals surface area contributed by atoms with Crippen LogP contribution in [0.15, 0.2) is 60.4 Å². The molecule has 1 aliphatic heterocycles. The molecular weight excluding hydrogens is 421 g/mol. The van der Waals surface area contributed by atoms with Gasteiger partial charge in [-0.1, -0.05) is 35.3 Å². The average Bonchev–Trinajstić information content (AvgIpc) is 2.99. The van der Waals surface area contributed by atoms with E-state index in [1.54, 1.807) is 18.2 Å². The van der Waals surface area contributed by atoms with Crippen LogP contribution in [0.25, 0.3) is 6.08 Å². The number of allylic oxidation sites excluding steroid dienone is 1. The van der Waals surface area contributed by atoms with Crippen molar-refractivity contribution < 1.29 is 23.0 Å². The van der Waals surface area contributed by atoms with Crippen LogP contribution in [0.3, 0.4) is 0 Å². The summed E-state index contributed by atoms with van der Waals surface area (Å²) in [4.78, 5) is 12.5. The zero-order valence-electron chi connectivity index (χ0n) is 14.7. The van der Waals surface area contributed by atoms with Crippen molar-refractivity contribution in [1.29, 1.82) is 0 Å².